The van der Waals surface area contributed by atoms with Gasteiger partial charge in [-0.2, -0.15) is 19.9 Å². The molecule has 0 aliphatic rings. The molecule has 0 N–H and O–H groups in total. The monoisotopic (exact) mass is 1710 g/mol. The van der Waals surface area contributed by atoms with Crippen LogP contribution in [0.4, 0.5) is 0 Å². The number of para-hydroxylation sites is 8. The minimum atomic E-state index is 0.472. The Balaban J connectivity index is 0.656. The molecule has 19 aromatic carbocycles. The van der Waals surface area contributed by atoms with Gasteiger partial charge in [-0.05, 0) is 161 Å². The average Bonchev–Trinajstić information content (AvgIpc) is 1.54. The van der Waals surface area contributed by atoms with E-state index < -0.39 is 0 Å². The topological polar surface area (TPSA) is 107 Å². The Bertz CT molecular complexity index is 9650. The van der Waals surface area contributed by atoms with Gasteiger partial charge in [-0.3, -0.25) is 9.13 Å². The zero-order chi connectivity index (χ0) is 87.0. The van der Waals surface area contributed by atoms with Crippen LogP contribution >= 0.6 is 11.3 Å². The predicted octanol–water partition coefficient (Wildman–Crippen LogP) is 30.7. The summed E-state index contributed by atoms with van der Waals surface area (Å²) in [5.74, 6) is 3.11. The molecule has 0 saturated carbocycles. The summed E-state index contributed by atoms with van der Waals surface area (Å²) < 4.78 is 16.9. The minimum Gasteiger partial charge on any atom is -0.309 e. The molecule has 13 heteroatoms. The summed E-state index contributed by atoms with van der Waals surface area (Å²) >= 11 is 1.85. The van der Waals surface area contributed by atoms with Gasteiger partial charge in [0.1, 0.15) is 0 Å². The number of thiophene rings is 1. The van der Waals surface area contributed by atoms with Crippen molar-refractivity contribution in [2.45, 2.75) is 0 Å². The van der Waals surface area contributed by atoms with Gasteiger partial charge in [-0.15, -0.1) is 11.3 Å². The Morgan fingerprint density at radius 1 is 0.158 bits per heavy atom. The second-order valence-corrected chi connectivity index (χ2v) is 35.5. The Hall–Kier alpha value is -17.8. The van der Waals surface area contributed by atoms with Gasteiger partial charge in [0.25, 0.3) is 0 Å². The molecule has 9 heterocycles. The van der Waals surface area contributed by atoms with Gasteiger partial charge >= 0.3 is 0 Å². The lowest BCUT2D eigenvalue weighted by Gasteiger charge is -2.15. The van der Waals surface area contributed by atoms with Crippen LogP contribution in [0.25, 0.3) is 265 Å². The van der Waals surface area contributed by atoms with E-state index in [4.69, 9.17) is 29.9 Å². The van der Waals surface area contributed by atoms with Crippen LogP contribution in [0.15, 0.2) is 437 Å². The Kier molecular flexibility index (Phi) is 16.4. The van der Waals surface area contributed by atoms with Gasteiger partial charge in [0.15, 0.2) is 23.3 Å². The van der Waals surface area contributed by atoms with Crippen molar-refractivity contribution in [2.24, 2.45) is 0 Å². The van der Waals surface area contributed by atoms with E-state index in [0.717, 1.165) is 182 Å². The highest BCUT2D eigenvalue weighted by atomic mass is 32.1. The van der Waals surface area contributed by atoms with Gasteiger partial charge in [-0.25, -0.2) is 9.97 Å². The molecule has 28 rings (SSSR count). The van der Waals surface area contributed by atoms with E-state index in [1.54, 1.807) is 0 Å². The number of aromatic nitrogens is 12. The average molecular weight is 1710 g/mol. The lowest BCUT2D eigenvalue weighted by atomic mass is 9.95. The first-order chi connectivity index (χ1) is 66.0. The van der Waals surface area contributed by atoms with Crippen LogP contribution < -0.4 is 0 Å². The molecule has 0 unspecified atom stereocenters. The van der Waals surface area contributed by atoms with E-state index >= 15 is 0 Å². The second-order valence-electron chi connectivity index (χ2n) is 34.4. The molecule has 0 aliphatic heterocycles. The molecule has 0 fully saturated rings. The van der Waals surface area contributed by atoms with E-state index in [9.17, 15) is 0 Å². The molecule has 133 heavy (non-hydrogen) atoms. The first kappa shape index (κ1) is 74.3. The Morgan fingerprint density at radius 2 is 0.511 bits per heavy atom. The standard InChI is InChI=1S/C120H72N12S/c1-6-30-73(31-7-1)74-56-58-77(59-57-74)117-121-115(75-32-8-2-9-33-75)123-119(125-117)131-104-54-27-21-47-92(104)110-94(72-98-90-46-20-26-53-103(90)130(113(98)114(110)131)82-40-14-5-15-41-82)78-36-28-37-80(68-78)118-122-116(76-34-10-3-11-35-76)124-120(126-118)132-106-55-29-48-85(109(106)93-64-63-91-88-44-18-25-52-102(88)129(111(91)112(93)132)81-38-12-4-13-39-81)79-60-65-105-95(69-79)89-45-19-24-51-101(89)128(105)84-62-67-108-97(71-84)96-70-83(61-66-107(96)133-108)127-99-49-22-16-42-86(99)87-43-17-23-50-100(87)127/h1-72H. The molecular formula is C120H72N12S. The summed E-state index contributed by atoms with van der Waals surface area (Å²) in [7, 11) is 0. The van der Waals surface area contributed by atoms with Crippen LogP contribution in [0.1, 0.15) is 0 Å². The zero-order valence-corrected chi connectivity index (χ0v) is 72.2. The molecule has 618 valence electrons. The van der Waals surface area contributed by atoms with Crippen LogP contribution in [-0.4, -0.2) is 57.3 Å². The third-order valence-electron chi connectivity index (χ3n) is 27.1. The Morgan fingerprint density at radius 3 is 1.05 bits per heavy atom. The van der Waals surface area contributed by atoms with E-state index in [1.807, 2.05) is 41.7 Å². The summed E-state index contributed by atoms with van der Waals surface area (Å²) in [6.45, 7) is 0. The molecule has 9 aromatic heterocycles. The number of rotatable bonds is 13. The quantitative estimate of drug-likeness (QED) is 0.114. The highest BCUT2D eigenvalue weighted by Gasteiger charge is 2.31. The lowest BCUT2D eigenvalue weighted by Crippen LogP contribution is -2.07. The van der Waals surface area contributed by atoms with Crippen molar-refractivity contribution in [1.82, 2.24) is 57.3 Å². The van der Waals surface area contributed by atoms with E-state index in [0.29, 0.717) is 35.2 Å². The summed E-state index contributed by atoms with van der Waals surface area (Å²) in [6.07, 6.45) is 0. The molecule has 0 saturated heterocycles. The van der Waals surface area contributed by atoms with Gasteiger partial charge in [-0.1, -0.05) is 309 Å². The molecule has 0 radical (unpaired) electrons. The normalized spacial score (nSPS) is 12.1. The SMILES string of the molecule is c1ccc(-c2ccc(-c3nc(-c4ccccc4)nc(-n4c5ccccc5c5c(-c6cccc(-c7nc(-c8ccccc8)nc(-n8c9cccc(-c%10ccc%11c(c%10)c%10ccccc%10n%11-c%10ccc%11sc%12ccc(-n%13c%14ccccc%14c%14ccccc%14%13)cc%12c%11c%10)c9c9ccc%10c%11ccccc%11n(-c%11ccccc%11)c%10c98)n7)c6)cc6c7ccccc7n(-c7ccccc7)c6c54)n3)cc2)cc1. The summed E-state index contributed by atoms with van der Waals surface area (Å²) in [6, 6.07) is 158. The first-order valence-corrected chi connectivity index (χ1v) is 45.8. The van der Waals surface area contributed by atoms with Crippen LogP contribution in [0.3, 0.4) is 0 Å². The summed E-state index contributed by atoms with van der Waals surface area (Å²) in [5, 5.41) is 15.9. The Labute approximate surface area is 764 Å². The molecule has 0 atom stereocenters. The van der Waals surface area contributed by atoms with E-state index in [1.165, 1.54) is 47.4 Å². The van der Waals surface area contributed by atoms with Crippen LogP contribution in [-0.2, 0) is 0 Å². The number of fused-ring (bicyclic) bond motifs is 23. The van der Waals surface area contributed by atoms with Crippen molar-refractivity contribution in [3.63, 3.8) is 0 Å². The fourth-order valence-corrected chi connectivity index (χ4v) is 22.4. The first-order valence-electron chi connectivity index (χ1n) is 45.0. The predicted molar refractivity (Wildman–Crippen MR) is 550 cm³/mol. The smallest absolute Gasteiger partial charge is 0.238 e. The van der Waals surface area contributed by atoms with Crippen molar-refractivity contribution in [3.05, 3.63) is 437 Å². The molecule has 0 aliphatic carbocycles. The van der Waals surface area contributed by atoms with Gasteiger partial charge < -0.3 is 18.3 Å². The maximum atomic E-state index is 5.92. The largest absolute Gasteiger partial charge is 0.309 e. The number of hydrogen-bond donors (Lipinski definition) is 0. The maximum absolute atomic E-state index is 5.92. The van der Waals surface area contributed by atoms with Crippen molar-refractivity contribution in [1.29, 1.82) is 0 Å². The van der Waals surface area contributed by atoms with Crippen molar-refractivity contribution >= 4 is 162 Å². The van der Waals surface area contributed by atoms with Crippen molar-refractivity contribution in [2.75, 3.05) is 0 Å². The van der Waals surface area contributed by atoms with Gasteiger partial charge in [0.05, 0.1) is 66.2 Å². The van der Waals surface area contributed by atoms with Crippen LogP contribution in [0, 0.1) is 0 Å². The lowest BCUT2D eigenvalue weighted by molar-refractivity contribution is 0.953. The summed E-state index contributed by atoms with van der Waals surface area (Å²) in [5.41, 5.74) is 26.7. The van der Waals surface area contributed by atoms with E-state index in [2.05, 4.69) is 434 Å². The highest BCUT2D eigenvalue weighted by molar-refractivity contribution is 7.25. The number of nitrogens with zero attached hydrogens (tertiary/aromatic N) is 12. The summed E-state index contributed by atoms with van der Waals surface area (Å²) in [4.78, 5) is 33.9. The highest BCUT2D eigenvalue weighted by Crippen LogP contribution is 2.51. The molecule has 12 nitrogen and oxygen atoms in total. The van der Waals surface area contributed by atoms with E-state index in [-0.39, 0.29) is 0 Å². The molecule has 0 amide bonds. The molecule has 0 spiro atoms. The van der Waals surface area contributed by atoms with Gasteiger partial charge in [0.2, 0.25) is 11.9 Å². The van der Waals surface area contributed by atoms with Crippen molar-refractivity contribution in [3.8, 4) is 114 Å². The molecule has 0 bridgehead atoms. The molecule has 28 aromatic rings. The van der Waals surface area contributed by atoms with Gasteiger partial charge in [0, 0.05) is 130 Å². The third-order valence-corrected chi connectivity index (χ3v) is 28.2. The number of hydrogen-bond acceptors (Lipinski definition) is 7. The fourth-order valence-electron chi connectivity index (χ4n) is 21.3. The number of benzene rings is 19. The van der Waals surface area contributed by atoms with Crippen molar-refractivity contribution < 1.29 is 0 Å². The minimum absolute atomic E-state index is 0.472. The molecular weight excluding hydrogens is 1640 g/mol. The fraction of sp³-hybridized carbons (Fsp3) is 0. The zero-order valence-electron chi connectivity index (χ0n) is 71.3. The van der Waals surface area contributed by atoms with Crippen LogP contribution in [0.5, 0.6) is 0 Å². The van der Waals surface area contributed by atoms with Crippen LogP contribution in [0.2, 0.25) is 0 Å². The third kappa shape index (κ3) is 11.5. The second kappa shape index (κ2) is 29.4. The maximum Gasteiger partial charge on any atom is 0.238 e.